The van der Waals surface area contributed by atoms with E-state index in [0.29, 0.717) is 6.54 Å². The summed E-state index contributed by atoms with van der Waals surface area (Å²) in [7, 11) is 0. The van der Waals surface area contributed by atoms with Crippen LogP contribution in [0.1, 0.15) is 73.2 Å². The molecule has 1 unspecified atom stereocenters. The van der Waals surface area contributed by atoms with Gasteiger partial charge < -0.3 is 15.1 Å². The lowest BCUT2D eigenvalue weighted by Gasteiger charge is -2.34. The van der Waals surface area contributed by atoms with Gasteiger partial charge in [0.15, 0.2) is 5.65 Å². The summed E-state index contributed by atoms with van der Waals surface area (Å²) in [5.74, 6) is 0.476. The molecule has 5 rings (SSSR count). The summed E-state index contributed by atoms with van der Waals surface area (Å²) in [6.45, 7) is 6.40. The fourth-order valence-corrected chi connectivity index (χ4v) is 4.68. The molecule has 3 aromatic heterocycles. The second kappa shape index (κ2) is 8.80. The van der Waals surface area contributed by atoms with E-state index < -0.39 is 0 Å². The number of anilines is 2. The van der Waals surface area contributed by atoms with Crippen molar-refractivity contribution in [2.45, 2.75) is 58.4 Å². The molecule has 0 aliphatic carbocycles. The molecule has 2 amide bonds. The number of piperidine rings is 1. The number of fused-ring (bicyclic) bond motifs is 1. The van der Waals surface area contributed by atoms with Crippen LogP contribution in [0.5, 0.6) is 0 Å². The minimum Gasteiger partial charge on any atom is -0.356 e. The molecular formula is C22H28N8O3. The van der Waals surface area contributed by atoms with E-state index in [9.17, 15) is 9.59 Å². The fraction of sp³-hybridized carbons (Fsp3) is 0.545. The van der Waals surface area contributed by atoms with Crippen molar-refractivity contribution in [3.05, 3.63) is 29.2 Å². The summed E-state index contributed by atoms with van der Waals surface area (Å²) in [6, 6.07) is 1.76. The number of amides is 2. The number of aromatic nitrogens is 5. The van der Waals surface area contributed by atoms with Crippen molar-refractivity contribution in [2.24, 2.45) is 0 Å². The monoisotopic (exact) mass is 452 g/mol. The summed E-state index contributed by atoms with van der Waals surface area (Å²) < 4.78 is 6.57. The Bertz CT molecular complexity index is 1180. The van der Waals surface area contributed by atoms with Crippen molar-refractivity contribution >= 4 is 29.1 Å². The van der Waals surface area contributed by atoms with Gasteiger partial charge in [-0.2, -0.15) is 5.10 Å². The van der Waals surface area contributed by atoms with Crippen LogP contribution in [0.3, 0.4) is 0 Å². The third kappa shape index (κ3) is 4.03. The summed E-state index contributed by atoms with van der Waals surface area (Å²) in [4.78, 5) is 34.1. The SMILES string of the molecule is CCC(=O)Nc1nonc1C(=O)N1CCCCC1c1cc2nc(N3CCCC3)c(C)cn2n1. The molecule has 1 N–H and O–H groups in total. The van der Waals surface area contributed by atoms with Gasteiger partial charge in [-0.1, -0.05) is 6.92 Å². The number of carbonyl (C=O) groups excluding carboxylic acids is 2. The second-order valence-electron chi connectivity index (χ2n) is 8.69. The molecule has 0 aromatic carbocycles. The highest BCUT2D eigenvalue weighted by Crippen LogP contribution is 2.33. The minimum atomic E-state index is -0.327. The van der Waals surface area contributed by atoms with Gasteiger partial charge in [0.1, 0.15) is 5.82 Å². The zero-order valence-corrected chi connectivity index (χ0v) is 19.0. The van der Waals surface area contributed by atoms with Gasteiger partial charge in [0.2, 0.25) is 17.4 Å². The van der Waals surface area contributed by atoms with E-state index in [0.717, 1.165) is 55.1 Å². The Kier molecular flexibility index (Phi) is 5.69. The summed E-state index contributed by atoms with van der Waals surface area (Å²) >= 11 is 0. The van der Waals surface area contributed by atoms with E-state index in [2.05, 4.69) is 27.5 Å². The van der Waals surface area contributed by atoms with Gasteiger partial charge in [0, 0.05) is 43.9 Å². The first kappa shape index (κ1) is 21.4. The van der Waals surface area contributed by atoms with Crippen LogP contribution in [0.2, 0.25) is 0 Å². The summed E-state index contributed by atoms with van der Waals surface area (Å²) in [6.07, 6.45) is 7.31. The molecule has 0 bridgehead atoms. The Balaban J connectivity index is 1.44. The molecule has 5 heterocycles. The third-order valence-corrected chi connectivity index (χ3v) is 6.40. The number of nitrogens with zero attached hydrogens (tertiary/aromatic N) is 7. The van der Waals surface area contributed by atoms with Gasteiger partial charge >= 0.3 is 0 Å². The van der Waals surface area contributed by atoms with Crippen LogP contribution in [-0.4, -0.2) is 61.3 Å². The maximum Gasteiger partial charge on any atom is 0.280 e. The highest BCUT2D eigenvalue weighted by molar-refractivity contribution is 6.01. The first-order chi connectivity index (χ1) is 16.0. The Labute approximate surface area is 191 Å². The number of hydrogen-bond donors (Lipinski definition) is 1. The average molecular weight is 453 g/mol. The predicted molar refractivity (Wildman–Crippen MR) is 120 cm³/mol. The van der Waals surface area contributed by atoms with E-state index in [1.807, 2.05) is 12.3 Å². The zero-order chi connectivity index (χ0) is 22.9. The van der Waals surface area contributed by atoms with Crippen LogP contribution in [0, 0.1) is 6.92 Å². The Hall–Kier alpha value is -3.50. The fourth-order valence-electron chi connectivity index (χ4n) is 4.68. The molecule has 11 nitrogen and oxygen atoms in total. The van der Waals surface area contributed by atoms with E-state index >= 15 is 0 Å². The molecule has 1 atom stereocenters. The first-order valence-electron chi connectivity index (χ1n) is 11.6. The number of aryl methyl sites for hydroxylation is 1. The first-order valence-corrected chi connectivity index (χ1v) is 11.6. The third-order valence-electron chi connectivity index (χ3n) is 6.40. The molecule has 2 aliphatic heterocycles. The van der Waals surface area contributed by atoms with Crippen LogP contribution in [0.4, 0.5) is 11.6 Å². The Morgan fingerprint density at radius 1 is 1.15 bits per heavy atom. The summed E-state index contributed by atoms with van der Waals surface area (Å²) in [5.41, 5.74) is 2.66. The van der Waals surface area contributed by atoms with Gasteiger partial charge in [0.25, 0.3) is 5.91 Å². The van der Waals surface area contributed by atoms with Gasteiger partial charge in [-0.3, -0.25) is 9.59 Å². The topological polar surface area (TPSA) is 122 Å². The van der Waals surface area contributed by atoms with E-state index in [-0.39, 0.29) is 35.8 Å². The molecule has 2 fully saturated rings. The molecule has 2 aliphatic rings. The van der Waals surface area contributed by atoms with Crippen molar-refractivity contribution in [2.75, 3.05) is 29.9 Å². The van der Waals surface area contributed by atoms with Gasteiger partial charge in [-0.15, -0.1) is 0 Å². The zero-order valence-electron chi connectivity index (χ0n) is 19.0. The van der Waals surface area contributed by atoms with Gasteiger partial charge in [-0.25, -0.2) is 14.1 Å². The molecule has 33 heavy (non-hydrogen) atoms. The number of likely N-dealkylation sites (tertiary alicyclic amines) is 1. The predicted octanol–water partition coefficient (Wildman–Crippen LogP) is 2.74. The van der Waals surface area contributed by atoms with Crippen LogP contribution in [0.15, 0.2) is 16.9 Å². The van der Waals surface area contributed by atoms with Crippen LogP contribution < -0.4 is 10.2 Å². The van der Waals surface area contributed by atoms with E-state index in [1.54, 1.807) is 16.3 Å². The maximum absolute atomic E-state index is 13.4. The quantitative estimate of drug-likeness (QED) is 0.627. The lowest BCUT2D eigenvalue weighted by atomic mass is 9.99. The molecule has 0 saturated carbocycles. The van der Waals surface area contributed by atoms with Crippen molar-refractivity contribution in [3.63, 3.8) is 0 Å². The Morgan fingerprint density at radius 2 is 1.94 bits per heavy atom. The normalized spacial score (nSPS) is 18.8. The lowest BCUT2D eigenvalue weighted by molar-refractivity contribution is -0.115. The number of hydrogen-bond acceptors (Lipinski definition) is 8. The second-order valence-corrected chi connectivity index (χ2v) is 8.69. The molecule has 174 valence electrons. The lowest BCUT2D eigenvalue weighted by Crippen LogP contribution is -2.39. The minimum absolute atomic E-state index is 0.0118. The van der Waals surface area contributed by atoms with Gasteiger partial charge in [-0.05, 0) is 49.3 Å². The largest absolute Gasteiger partial charge is 0.356 e. The average Bonchev–Trinajstić information content (AvgIpc) is 3.58. The highest BCUT2D eigenvalue weighted by Gasteiger charge is 2.34. The van der Waals surface area contributed by atoms with Crippen molar-refractivity contribution in [1.82, 2.24) is 29.8 Å². The van der Waals surface area contributed by atoms with Crippen LogP contribution in [-0.2, 0) is 4.79 Å². The maximum atomic E-state index is 13.4. The molecule has 0 radical (unpaired) electrons. The summed E-state index contributed by atoms with van der Waals surface area (Å²) in [5, 5.41) is 14.9. The smallest absolute Gasteiger partial charge is 0.280 e. The Morgan fingerprint density at radius 3 is 2.73 bits per heavy atom. The molecule has 11 heteroatoms. The molecule has 3 aromatic rings. The molecule has 2 saturated heterocycles. The van der Waals surface area contributed by atoms with Crippen molar-refractivity contribution in [3.8, 4) is 0 Å². The standard InChI is InChI=1S/C22H28N8O3/c1-3-18(31)24-20-19(26-33-27-20)22(32)29-11-5-4-8-16(29)15-12-17-23-21(28-9-6-7-10-28)14(2)13-30(17)25-15/h12-13,16H,3-11H2,1-2H3,(H,24,27,31). The van der Waals surface area contributed by atoms with E-state index in [4.69, 9.17) is 14.7 Å². The molecular weight excluding hydrogens is 424 g/mol. The molecule has 0 spiro atoms. The number of carbonyl (C=O) groups is 2. The number of nitrogens with one attached hydrogen (secondary N) is 1. The number of rotatable bonds is 5. The van der Waals surface area contributed by atoms with Gasteiger partial charge in [0.05, 0.1) is 11.7 Å². The van der Waals surface area contributed by atoms with Crippen LogP contribution in [0.25, 0.3) is 5.65 Å². The highest BCUT2D eigenvalue weighted by atomic mass is 16.6. The van der Waals surface area contributed by atoms with Crippen molar-refractivity contribution < 1.29 is 14.2 Å². The van der Waals surface area contributed by atoms with Crippen molar-refractivity contribution in [1.29, 1.82) is 0 Å². The van der Waals surface area contributed by atoms with E-state index in [1.165, 1.54) is 12.8 Å². The van der Waals surface area contributed by atoms with Crippen LogP contribution >= 0.6 is 0 Å².